The highest BCUT2D eigenvalue weighted by Crippen LogP contribution is 2.23. The molecule has 1 rings (SSSR count). The molecule has 0 bridgehead atoms. The lowest BCUT2D eigenvalue weighted by Gasteiger charge is -2.31. The molecule has 5 nitrogen and oxygen atoms in total. The fraction of sp³-hybridized carbons (Fsp3) is 0.889. The first kappa shape index (κ1) is 10.9. The summed E-state index contributed by atoms with van der Waals surface area (Å²) in [5, 5.41) is 5.56. The monoisotopic (exact) mass is 200 g/mol. The average molecular weight is 200 g/mol. The van der Waals surface area contributed by atoms with Crippen LogP contribution in [0.4, 0.5) is 4.79 Å². The van der Waals surface area contributed by atoms with Gasteiger partial charge in [-0.05, 0) is 33.6 Å². The molecule has 0 aromatic carbocycles. The molecule has 0 aromatic rings. The molecular formula is C9H16N2O3. The van der Waals surface area contributed by atoms with Crippen LogP contribution < -0.4 is 5.32 Å². The van der Waals surface area contributed by atoms with Crippen LogP contribution in [0.5, 0.6) is 0 Å². The van der Waals surface area contributed by atoms with E-state index in [4.69, 9.17) is 4.74 Å². The summed E-state index contributed by atoms with van der Waals surface area (Å²) in [6.45, 7) is 5.43. The van der Waals surface area contributed by atoms with Crippen molar-refractivity contribution < 1.29 is 9.53 Å². The standard InChI is InChI=1S/C9H16N2O3/c1-9(2,3)14-8(12)10-6-4-7(5-6)11-13/h6-7H,4-5H2,1-3H3,(H,10,12). The summed E-state index contributed by atoms with van der Waals surface area (Å²) in [5.41, 5.74) is -0.476. The van der Waals surface area contributed by atoms with E-state index in [0.29, 0.717) is 12.8 Å². The van der Waals surface area contributed by atoms with Gasteiger partial charge in [0.1, 0.15) is 5.60 Å². The SMILES string of the molecule is CC(C)(C)OC(=O)NC1CC(N=O)C1. The third kappa shape index (κ3) is 3.32. The van der Waals surface area contributed by atoms with Gasteiger partial charge in [-0.15, -0.1) is 0 Å². The first-order chi connectivity index (χ1) is 6.40. The zero-order valence-electron chi connectivity index (χ0n) is 8.74. The molecule has 0 aliphatic heterocycles. The molecule has 1 N–H and O–H groups in total. The second-order valence-corrected chi connectivity index (χ2v) is 4.57. The smallest absolute Gasteiger partial charge is 0.407 e. The van der Waals surface area contributed by atoms with Gasteiger partial charge in [0, 0.05) is 6.04 Å². The van der Waals surface area contributed by atoms with Gasteiger partial charge < -0.3 is 10.1 Å². The van der Waals surface area contributed by atoms with Gasteiger partial charge >= 0.3 is 6.09 Å². The van der Waals surface area contributed by atoms with E-state index in [1.165, 1.54) is 0 Å². The van der Waals surface area contributed by atoms with E-state index in [1.54, 1.807) is 0 Å². The fourth-order valence-corrected chi connectivity index (χ4v) is 1.27. The van der Waals surface area contributed by atoms with Gasteiger partial charge in [0.25, 0.3) is 0 Å². The third-order valence-corrected chi connectivity index (χ3v) is 1.98. The van der Waals surface area contributed by atoms with Crippen LogP contribution in [-0.2, 0) is 4.74 Å². The summed E-state index contributed by atoms with van der Waals surface area (Å²) in [6.07, 6.45) is 0.831. The van der Waals surface area contributed by atoms with Crippen LogP contribution in [0.3, 0.4) is 0 Å². The van der Waals surface area contributed by atoms with E-state index in [1.807, 2.05) is 20.8 Å². The highest BCUT2D eigenvalue weighted by atomic mass is 16.6. The van der Waals surface area contributed by atoms with Crippen LogP contribution in [0.2, 0.25) is 0 Å². The lowest BCUT2D eigenvalue weighted by Crippen LogP contribution is -2.47. The van der Waals surface area contributed by atoms with Crippen LogP contribution in [-0.4, -0.2) is 23.8 Å². The minimum Gasteiger partial charge on any atom is -0.444 e. The maximum absolute atomic E-state index is 11.2. The van der Waals surface area contributed by atoms with Crippen molar-refractivity contribution in [3.8, 4) is 0 Å². The Bertz CT molecular complexity index is 229. The van der Waals surface area contributed by atoms with Gasteiger partial charge in [-0.25, -0.2) is 4.79 Å². The number of nitrogens with one attached hydrogen (secondary N) is 1. The lowest BCUT2D eigenvalue weighted by molar-refractivity contribution is 0.0473. The van der Waals surface area contributed by atoms with E-state index < -0.39 is 11.7 Å². The zero-order valence-corrected chi connectivity index (χ0v) is 8.74. The molecule has 5 heteroatoms. The quantitative estimate of drug-likeness (QED) is 0.691. The number of carbonyl (C=O) groups excluding carboxylic acids is 1. The van der Waals surface area contributed by atoms with Crippen LogP contribution in [0.25, 0.3) is 0 Å². The van der Waals surface area contributed by atoms with Crippen molar-refractivity contribution in [1.29, 1.82) is 0 Å². The number of nitrogens with zero attached hydrogens (tertiary/aromatic N) is 1. The number of hydrogen-bond donors (Lipinski definition) is 1. The van der Waals surface area contributed by atoms with Gasteiger partial charge in [-0.3, -0.25) is 0 Å². The molecule has 14 heavy (non-hydrogen) atoms. The van der Waals surface area contributed by atoms with Gasteiger partial charge in [-0.1, -0.05) is 5.18 Å². The molecule has 0 saturated heterocycles. The molecular weight excluding hydrogens is 184 g/mol. The Morgan fingerprint density at radius 2 is 2.00 bits per heavy atom. The number of amides is 1. The molecule has 0 spiro atoms. The Morgan fingerprint density at radius 1 is 1.43 bits per heavy atom. The van der Waals surface area contributed by atoms with Gasteiger partial charge in [-0.2, -0.15) is 4.91 Å². The molecule has 0 atom stereocenters. The summed E-state index contributed by atoms with van der Waals surface area (Å²) in [4.78, 5) is 21.3. The van der Waals surface area contributed by atoms with Crippen LogP contribution in [0.15, 0.2) is 5.18 Å². The molecule has 1 fully saturated rings. The van der Waals surface area contributed by atoms with E-state index in [9.17, 15) is 9.70 Å². The normalized spacial score (nSPS) is 26.2. The minimum absolute atomic E-state index is 0.0487. The van der Waals surface area contributed by atoms with Crippen molar-refractivity contribution in [3.63, 3.8) is 0 Å². The van der Waals surface area contributed by atoms with Crippen molar-refractivity contribution >= 4 is 6.09 Å². The van der Waals surface area contributed by atoms with E-state index in [2.05, 4.69) is 10.5 Å². The molecule has 1 saturated carbocycles. The maximum Gasteiger partial charge on any atom is 0.407 e. The van der Waals surface area contributed by atoms with Crippen LogP contribution >= 0.6 is 0 Å². The summed E-state index contributed by atoms with van der Waals surface area (Å²) < 4.78 is 5.05. The first-order valence-electron chi connectivity index (χ1n) is 4.72. The number of alkyl carbamates (subject to hydrolysis) is 1. The molecule has 1 amide bonds. The average Bonchev–Trinajstić information content (AvgIpc) is 1.91. The van der Waals surface area contributed by atoms with Gasteiger partial charge in [0.15, 0.2) is 0 Å². The molecule has 80 valence electrons. The maximum atomic E-state index is 11.2. The number of carbonyl (C=O) groups is 1. The summed E-state index contributed by atoms with van der Waals surface area (Å²) in [6, 6.07) is -0.0810. The highest BCUT2D eigenvalue weighted by Gasteiger charge is 2.32. The second-order valence-electron chi connectivity index (χ2n) is 4.57. The molecule has 0 aromatic heterocycles. The second kappa shape index (κ2) is 3.94. The van der Waals surface area contributed by atoms with Gasteiger partial charge in [0.05, 0.1) is 6.04 Å². The summed E-state index contributed by atoms with van der Waals surface area (Å²) in [7, 11) is 0. The fourth-order valence-electron chi connectivity index (χ4n) is 1.27. The zero-order chi connectivity index (χ0) is 10.8. The van der Waals surface area contributed by atoms with Crippen molar-refractivity contribution in [2.24, 2.45) is 5.18 Å². The van der Waals surface area contributed by atoms with Gasteiger partial charge in [0.2, 0.25) is 0 Å². The lowest BCUT2D eigenvalue weighted by atomic mass is 9.88. The Labute approximate surface area is 83.2 Å². The molecule has 0 heterocycles. The number of ether oxygens (including phenoxy) is 1. The van der Waals surface area contributed by atoms with E-state index in [0.717, 1.165) is 0 Å². The van der Waals surface area contributed by atoms with Crippen molar-refractivity contribution in [2.45, 2.75) is 51.3 Å². The predicted molar refractivity (Wildman–Crippen MR) is 52.0 cm³/mol. The molecule has 0 radical (unpaired) electrons. The molecule has 1 aliphatic carbocycles. The molecule has 0 unspecified atom stereocenters. The first-order valence-corrected chi connectivity index (χ1v) is 4.72. The topological polar surface area (TPSA) is 67.8 Å². The Balaban J connectivity index is 2.20. The third-order valence-electron chi connectivity index (χ3n) is 1.98. The number of hydrogen-bond acceptors (Lipinski definition) is 4. The van der Waals surface area contributed by atoms with E-state index in [-0.39, 0.29) is 12.1 Å². The number of nitroso groups, excluding NO2 is 1. The van der Waals surface area contributed by atoms with Crippen molar-refractivity contribution in [1.82, 2.24) is 5.32 Å². The molecule has 1 aliphatic rings. The largest absolute Gasteiger partial charge is 0.444 e. The highest BCUT2D eigenvalue weighted by molar-refractivity contribution is 5.68. The van der Waals surface area contributed by atoms with Crippen LogP contribution in [0.1, 0.15) is 33.6 Å². The van der Waals surface area contributed by atoms with Crippen molar-refractivity contribution in [2.75, 3.05) is 0 Å². The number of rotatable bonds is 2. The Kier molecular flexibility index (Phi) is 3.08. The van der Waals surface area contributed by atoms with E-state index >= 15 is 0 Å². The summed E-state index contributed by atoms with van der Waals surface area (Å²) >= 11 is 0. The summed E-state index contributed by atoms with van der Waals surface area (Å²) in [5.74, 6) is 0. The minimum atomic E-state index is -0.476. The van der Waals surface area contributed by atoms with Crippen molar-refractivity contribution in [3.05, 3.63) is 4.91 Å². The Hall–Kier alpha value is -1.13. The Morgan fingerprint density at radius 3 is 2.43 bits per heavy atom. The van der Waals surface area contributed by atoms with Crippen LogP contribution in [0, 0.1) is 4.91 Å². The predicted octanol–water partition coefficient (Wildman–Crippen LogP) is 1.81.